The smallest absolute Gasteiger partial charge is 0.208 e. The summed E-state index contributed by atoms with van der Waals surface area (Å²) in [5.74, 6) is 1.02. The van der Waals surface area contributed by atoms with Crippen LogP contribution in [-0.4, -0.2) is 20.3 Å². The molecule has 0 amide bonds. The van der Waals surface area contributed by atoms with E-state index in [0.29, 0.717) is 16.7 Å². The summed E-state index contributed by atoms with van der Waals surface area (Å²) < 4.78 is 27.5. The first-order valence-corrected chi connectivity index (χ1v) is 9.22. The molecule has 1 aliphatic rings. The molecular formula is C15H22ClNO2S. The second-order valence-corrected chi connectivity index (χ2v) is 7.63. The van der Waals surface area contributed by atoms with Gasteiger partial charge in [-0.05, 0) is 49.8 Å². The Morgan fingerprint density at radius 2 is 1.85 bits per heavy atom. The number of aryl methyl sites for hydroxylation is 1. The van der Waals surface area contributed by atoms with Gasteiger partial charge in [-0.2, -0.15) is 0 Å². The molecule has 112 valence electrons. The quantitative estimate of drug-likeness (QED) is 0.818. The van der Waals surface area contributed by atoms with Gasteiger partial charge in [-0.1, -0.05) is 25.0 Å². The first-order chi connectivity index (χ1) is 9.53. The molecule has 1 saturated carbocycles. The van der Waals surface area contributed by atoms with Gasteiger partial charge in [0.1, 0.15) is 0 Å². The number of alkyl halides is 1. The molecule has 1 N–H and O–H groups in total. The molecule has 0 saturated heterocycles. The van der Waals surface area contributed by atoms with Crippen LogP contribution in [0.5, 0.6) is 0 Å². The Morgan fingerprint density at radius 3 is 2.40 bits per heavy atom. The molecule has 0 spiro atoms. The zero-order chi connectivity index (χ0) is 14.6. The summed E-state index contributed by atoms with van der Waals surface area (Å²) in [6.07, 6.45) is 5.43. The largest absolute Gasteiger partial charge is 0.240 e. The van der Waals surface area contributed by atoms with Crippen LogP contribution in [0.15, 0.2) is 29.2 Å². The normalized spacial score (nSPS) is 18.3. The van der Waals surface area contributed by atoms with E-state index in [-0.39, 0.29) is 6.04 Å². The predicted molar refractivity (Wildman–Crippen MR) is 82.6 cm³/mol. The van der Waals surface area contributed by atoms with Crippen molar-refractivity contribution in [1.82, 2.24) is 4.72 Å². The third-order valence-electron chi connectivity index (χ3n) is 4.06. The average molecular weight is 316 g/mol. The van der Waals surface area contributed by atoms with Gasteiger partial charge in [-0.3, -0.25) is 0 Å². The Kier molecular flexibility index (Phi) is 5.47. The Balaban J connectivity index is 2.05. The van der Waals surface area contributed by atoms with Gasteiger partial charge >= 0.3 is 0 Å². The molecular weight excluding hydrogens is 294 g/mol. The van der Waals surface area contributed by atoms with Gasteiger partial charge in [-0.15, -0.1) is 11.6 Å². The van der Waals surface area contributed by atoms with E-state index in [4.69, 9.17) is 11.6 Å². The van der Waals surface area contributed by atoms with Gasteiger partial charge in [-0.25, -0.2) is 13.1 Å². The fraction of sp³-hybridized carbons (Fsp3) is 0.600. The summed E-state index contributed by atoms with van der Waals surface area (Å²) in [7, 11) is -3.41. The highest BCUT2D eigenvalue weighted by Crippen LogP contribution is 2.28. The molecule has 0 aliphatic heterocycles. The Hall–Kier alpha value is -0.580. The van der Waals surface area contributed by atoms with Crippen molar-refractivity contribution in [3.8, 4) is 0 Å². The monoisotopic (exact) mass is 315 g/mol. The molecule has 20 heavy (non-hydrogen) atoms. The molecule has 1 aromatic carbocycles. The van der Waals surface area contributed by atoms with Crippen LogP contribution in [-0.2, 0) is 16.4 Å². The SMILES string of the molecule is CC(NS(=O)(=O)c1ccc(CCCl)cc1)C1CCCC1. The summed E-state index contributed by atoms with van der Waals surface area (Å²) >= 11 is 5.68. The van der Waals surface area contributed by atoms with Gasteiger partial charge in [0.2, 0.25) is 10.0 Å². The van der Waals surface area contributed by atoms with Gasteiger partial charge in [0, 0.05) is 11.9 Å². The zero-order valence-corrected chi connectivity index (χ0v) is 13.4. The first kappa shape index (κ1) is 15.8. The van der Waals surface area contributed by atoms with E-state index in [1.807, 2.05) is 19.1 Å². The van der Waals surface area contributed by atoms with Crippen LogP contribution in [0.2, 0.25) is 0 Å². The highest BCUT2D eigenvalue weighted by molar-refractivity contribution is 7.89. The molecule has 0 radical (unpaired) electrons. The Bertz CT molecular complexity index is 521. The minimum atomic E-state index is -3.41. The molecule has 0 aromatic heterocycles. The highest BCUT2D eigenvalue weighted by atomic mass is 35.5. The summed E-state index contributed by atoms with van der Waals surface area (Å²) in [6, 6.07) is 6.98. The van der Waals surface area contributed by atoms with E-state index in [9.17, 15) is 8.42 Å². The van der Waals surface area contributed by atoms with Gasteiger partial charge in [0.15, 0.2) is 0 Å². The number of hydrogen-bond acceptors (Lipinski definition) is 2. The van der Waals surface area contributed by atoms with E-state index in [2.05, 4.69) is 4.72 Å². The predicted octanol–water partition coefficient (Wildman–Crippen LogP) is 3.32. The lowest BCUT2D eigenvalue weighted by Crippen LogP contribution is -2.37. The topological polar surface area (TPSA) is 46.2 Å². The van der Waals surface area contributed by atoms with Crippen molar-refractivity contribution in [2.45, 2.75) is 50.0 Å². The van der Waals surface area contributed by atoms with Gasteiger partial charge < -0.3 is 0 Å². The minimum Gasteiger partial charge on any atom is -0.208 e. The van der Waals surface area contributed by atoms with Crippen LogP contribution in [0.4, 0.5) is 0 Å². The molecule has 2 rings (SSSR count). The highest BCUT2D eigenvalue weighted by Gasteiger charge is 2.25. The molecule has 5 heteroatoms. The lowest BCUT2D eigenvalue weighted by molar-refractivity contribution is 0.424. The third kappa shape index (κ3) is 3.96. The molecule has 0 bridgehead atoms. The van der Waals surface area contributed by atoms with E-state index >= 15 is 0 Å². The van der Waals surface area contributed by atoms with Crippen molar-refractivity contribution in [2.75, 3.05) is 5.88 Å². The van der Waals surface area contributed by atoms with Crippen LogP contribution < -0.4 is 4.72 Å². The number of benzene rings is 1. The summed E-state index contributed by atoms with van der Waals surface area (Å²) in [5.41, 5.74) is 1.06. The van der Waals surface area contributed by atoms with Crippen LogP contribution in [0, 0.1) is 5.92 Å². The van der Waals surface area contributed by atoms with Crippen LogP contribution >= 0.6 is 11.6 Å². The maximum Gasteiger partial charge on any atom is 0.240 e. The second-order valence-electron chi connectivity index (χ2n) is 5.54. The van der Waals surface area contributed by atoms with E-state index < -0.39 is 10.0 Å². The number of sulfonamides is 1. The summed E-state index contributed by atoms with van der Waals surface area (Å²) in [5, 5.41) is 0. The number of halogens is 1. The van der Waals surface area contributed by atoms with Gasteiger partial charge in [0.05, 0.1) is 4.90 Å². The van der Waals surface area contributed by atoms with Crippen LogP contribution in [0.3, 0.4) is 0 Å². The van der Waals surface area contributed by atoms with E-state index in [0.717, 1.165) is 24.8 Å². The van der Waals surface area contributed by atoms with Crippen molar-refractivity contribution in [2.24, 2.45) is 5.92 Å². The van der Waals surface area contributed by atoms with Crippen LogP contribution in [0.1, 0.15) is 38.2 Å². The molecule has 1 aromatic rings. The zero-order valence-electron chi connectivity index (χ0n) is 11.8. The van der Waals surface area contributed by atoms with Gasteiger partial charge in [0.25, 0.3) is 0 Å². The lowest BCUT2D eigenvalue weighted by Gasteiger charge is -2.20. The first-order valence-electron chi connectivity index (χ1n) is 7.20. The molecule has 1 fully saturated rings. The van der Waals surface area contributed by atoms with Crippen molar-refractivity contribution < 1.29 is 8.42 Å². The number of hydrogen-bond donors (Lipinski definition) is 1. The molecule has 1 aliphatic carbocycles. The molecule has 1 atom stereocenters. The van der Waals surface area contributed by atoms with E-state index in [1.54, 1.807) is 12.1 Å². The molecule has 0 heterocycles. The fourth-order valence-corrected chi connectivity index (χ4v) is 4.34. The van der Waals surface area contributed by atoms with E-state index in [1.165, 1.54) is 12.8 Å². The van der Waals surface area contributed by atoms with Crippen molar-refractivity contribution in [3.63, 3.8) is 0 Å². The average Bonchev–Trinajstić information content (AvgIpc) is 2.93. The van der Waals surface area contributed by atoms with Crippen molar-refractivity contribution in [1.29, 1.82) is 0 Å². The lowest BCUT2D eigenvalue weighted by atomic mass is 10.0. The minimum absolute atomic E-state index is 0.00465. The Labute approximate surface area is 126 Å². The fourth-order valence-electron chi connectivity index (χ4n) is 2.81. The maximum atomic E-state index is 12.3. The van der Waals surface area contributed by atoms with Crippen LogP contribution in [0.25, 0.3) is 0 Å². The summed E-state index contributed by atoms with van der Waals surface area (Å²) in [4.78, 5) is 0.334. The maximum absolute atomic E-state index is 12.3. The second kappa shape index (κ2) is 6.92. The standard InChI is InChI=1S/C15H22ClNO2S/c1-12(14-4-2-3-5-14)17-20(18,19)15-8-6-13(7-9-15)10-11-16/h6-9,12,14,17H,2-5,10-11H2,1H3. The molecule has 1 unspecified atom stereocenters. The molecule has 3 nitrogen and oxygen atoms in total. The Morgan fingerprint density at radius 1 is 1.25 bits per heavy atom. The number of rotatable bonds is 6. The summed E-state index contributed by atoms with van der Waals surface area (Å²) in [6.45, 7) is 1.97. The van der Waals surface area contributed by atoms with Crippen molar-refractivity contribution in [3.05, 3.63) is 29.8 Å². The third-order valence-corrected chi connectivity index (χ3v) is 5.83. The number of nitrogens with one attached hydrogen (secondary N) is 1. The van der Waals surface area contributed by atoms with Crippen molar-refractivity contribution >= 4 is 21.6 Å².